The molecule has 104 valence electrons. The molecule has 2 heterocycles. The van der Waals surface area contributed by atoms with Crippen molar-refractivity contribution >= 4 is 0 Å². The number of nitrogens with two attached hydrogens (primary N) is 1. The summed E-state index contributed by atoms with van der Waals surface area (Å²) in [6.07, 6.45) is 4.66. The lowest BCUT2D eigenvalue weighted by Gasteiger charge is -2.15. The van der Waals surface area contributed by atoms with Crippen LogP contribution in [0.25, 0.3) is 0 Å². The van der Waals surface area contributed by atoms with Gasteiger partial charge in [0.1, 0.15) is 5.69 Å². The zero-order chi connectivity index (χ0) is 14.0. The van der Waals surface area contributed by atoms with Gasteiger partial charge in [-0.05, 0) is 13.3 Å². The highest BCUT2D eigenvalue weighted by molar-refractivity contribution is 5.36. The zero-order valence-corrected chi connectivity index (χ0v) is 11.9. The third-order valence-electron chi connectivity index (χ3n) is 3.18. The summed E-state index contributed by atoms with van der Waals surface area (Å²) in [4.78, 5) is 0. The average molecular weight is 263 g/mol. The number of nitrogens with zero attached hydrogens (tertiary/aromatic N) is 4. The van der Waals surface area contributed by atoms with E-state index in [9.17, 15) is 0 Å². The largest absolute Gasteiger partial charge is 0.493 e. The molecular weight excluding hydrogens is 242 g/mol. The van der Waals surface area contributed by atoms with Crippen LogP contribution in [-0.4, -0.2) is 26.7 Å². The van der Waals surface area contributed by atoms with Crippen LogP contribution >= 0.6 is 0 Å². The maximum absolute atomic E-state index is 6.39. The number of methoxy groups -OCH3 is 1. The molecule has 0 bridgehead atoms. The minimum absolute atomic E-state index is 0.280. The highest BCUT2D eigenvalue weighted by Gasteiger charge is 2.22. The summed E-state index contributed by atoms with van der Waals surface area (Å²) >= 11 is 0. The fraction of sp³-hybridized carbons (Fsp3) is 0.538. The lowest BCUT2D eigenvalue weighted by atomic mass is 10.1. The Morgan fingerprint density at radius 2 is 2.21 bits per heavy atom. The molecule has 0 spiro atoms. The van der Waals surface area contributed by atoms with Crippen LogP contribution in [-0.2, 0) is 13.6 Å². The zero-order valence-electron chi connectivity index (χ0n) is 11.9. The third-order valence-corrected chi connectivity index (χ3v) is 3.18. The maximum Gasteiger partial charge on any atom is 0.161 e. The van der Waals surface area contributed by atoms with Crippen molar-refractivity contribution in [1.29, 1.82) is 0 Å². The van der Waals surface area contributed by atoms with Gasteiger partial charge in [-0.3, -0.25) is 9.36 Å². The molecule has 2 N–H and O–H groups in total. The number of rotatable bonds is 5. The molecule has 0 amide bonds. The Kier molecular flexibility index (Phi) is 3.90. The molecule has 0 saturated heterocycles. The van der Waals surface area contributed by atoms with Crippen LogP contribution in [0.5, 0.6) is 5.75 Å². The number of aromatic nitrogens is 4. The van der Waals surface area contributed by atoms with Crippen LogP contribution in [0.4, 0.5) is 0 Å². The molecule has 2 aromatic heterocycles. The first-order valence-corrected chi connectivity index (χ1v) is 6.43. The van der Waals surface area contributed by atoms with Gasteiger partial charge in [0.05, 0.1) is 25.0 Å². The van der Waals surface area contributed by atoms with Gasteiger partial charge in [-0.15, -0.1) is 0 Å². The Morgan fingerprint density at radius 1 is 1.47 bits per heavy atom. The van der Waals surface area contributed by atoms with Crippen molar-refractivity contribution in [2.45, 2.75) is 32.9 Å². The van der Waals surface area contributed by atoms with Crippen LogP contribution in [0, 0.1) is 6.92 Å². The van der Waals surface area contributed by atoms with Crippen LogP contribution in [0.3, 0.4) is 0 Å². The first-order chi connectivity index (χ1) is 9.08. The smallest absolute Gasteiger partial charge is 0.161 e. The Hall–Kier alpha value is -1.82. The molecule has 0 radical (unpaired) electrons. The Morgan fingerprint density at radius 3 is 2.74 bits per heavy atom. The molecule has 0 saturated carbocycles. The predicted octanol–water partition coefficient (Wildman–Crippen LogP) is 1.39. The molecule has 6 heteroatoms. The summed E-state index contributed by atoms with van der Waals surface area (Å²) in [7, 11) is 3.53. The van der Waals surface area contributed by atoms with Crippen LogP contribution in [0.2, 0.25) is 0 Å². The van der Waals surface area contributed by atoms with E-state index in [1.165, 1.54) is 0 Å². The normalized spacial score (nSPS) is 12.7. The van der Waals surface area contributed by atoms with Gasteiger partial charge in [0.15, 0.2) is 5.75 Å². The van der Waals surface area contributed by atoms with Gasteiger partial charge in [-0.1, -0.05) is 6.92 Å². The van der Waals surface area contributed by atoms with E-state index in [1.54, 1.807) is 18.0 Å². The molecule has 0 aliphatic rings. The van der Waals surface area contributed by atoms with E-state index < -0.39 is 0 Å². The molecule has 0 aliphatic carbocycles. The first kappa shape index (κ1) is 13.6. The molecule has 6 nitrogen and oxygen atoms in total. The van der Waals surface area contributed by atoms with Crippen molar-refractivity contribution < 1.29 is 4.74 Å². The predicted molar refractivity (Wildman–Crippen MR) is 73.0 cm³/mol. The highest BCUT2D eigenvalue weighted by atomic mass is 16.5. The lowest BCUT2D eigenvalue weighted by Crippen LogP contribution is -2.18. The maximum atomic E-state index is 6.39. The topological polar surface area (TPSA) is 70.9 Å². The Labute approximate surface area is 113 Å². The molecule has 0 aromatic carbocycles. The van der Waals surface area contributed by atoms with Crippen LogP contribution in [0.1, 0.15) is 36.3 Å². The van der Waals surface area contributed by atoms with Crippen molar-refractivity contribution in [3.05, 3.63) is 29.3 Å². The molecule has 2 aromatic rings. The van der Waals surface area contributed by atoms with E-state index in [2.05, 4.69) is 17.1 Å². The van der Waals surface area contributed by atoms with E-state index in [1.807, 2.05) is 24.9 Å². The summed E-state index contributed by atoms with van der Waals surface area (Å²) in [5.41, 5.74) is 9.22. The van der Waals surface area contributed by atoms with E-state index in [-0.39, 0.29) is 6.04 Å². The Balaban J connectivity index is 2.44. The quantitative estimate of drug-likeness (QED) is 0.885. The summed E-state index contributed by atoms with van der Waals surface area (Å²) in [5.74, 6) is 0.726. The second-order valence-corrected chi connectivity index (χ2v) is 4.64. The van der Waals surface area contributed by atoms with Crippen molar-refractivity contribution in [3.8, 4) is 5.75 Å². The minimum atomic E-state index is -0.280. The van der Waals surface area contributed by atoms with Gasteiger partial charge >= 0.3 is 0 Å². The van der Waals surface area contributed by atoms with Gasteiger partial charge in [0, 0.05) is 25.4 Å². The molecular formula is C13H21N5O. The van der Waals surface area contributed by atoms with E-state index in [0.29, 0.717) is 0 Å². The molecule has 1 atom stereocenters. The lowest BCUT2D eigenvalue weighted by molar-refractivity contribution is 0.404. The van der Waals surface area contributed by atoms with E-state index in [0.717, 1.165) is 35.7 Å². The van der Waals surface area contributed by atoms with Crippen molar-refractivity contribution in [1.82, 2.24) is 19.6 Å². The average Bonchev–Trinajstić information content (AvgIpc) is 2.92. The van der Waals surface area contributed by atoms with Crippen LogP contribution < -0.4 is 10.5 Å². The van der Waals surface area contributed by atoms with Crippen LogP contribution in [0.15, 0.2) is 12.4 Å². The minimum Gasteiger partial charge on any atom is -0.493 e. The highest BCUT2D eigenvalue weighted by Crippen LogP contribution is 2.29. The summed E-state index contributed by atoms with van der Waals surface area (Å²) < 4.78 is 9.06. The van der Waals surface area contributed by atoms with E-state index in [4.69, 9.17) is 10.5 Å². The number of ether oxygens (including phenoxy) is 1. The monoisotopic (exact) mass is 263 g/mol. The standard InChI is InChI=1S/C13H21N5O/c1-5-6-18-13(11(19-4)7-15-18)12(14)10-8-17(3)16-9(10)2/h7-8,12H,5-6,14H2,1-4H3. The first-order valence-electron chi connectivity index (χ1n) is 6.43. The van der Waals surface area contributed by atoms with Gasteiger partial charge in [-0.2, -0.15) is 10.2 Å². The van der Waals surface area contributed by atoms with Gasteiger partial charge < -0.3 is 10.5 Å². The van der Waals surface area contributed by atoms with E-state index >= 15 is 0 Å². The Bertz CT molecular complexity index is 557. The fourth-order valence-electron chi connectivity index (χ4n) is 2.31. The fourth-order valence-corrected chi connectivity index (χ4v) is 2.31. The molecule has 0 fully saturated rings. The SMILES string of the molecule is CCCn1ncc(OC)c1C(N)c1cn(C)nc1C. The van der Waals surface area contributed by atoms with Gasteiger partial charge in [0.25, 0.3) is 0 Å². The second kappa shape index (κ2) is 5.44. The number of aryl methyl sites for hydroxylation is 3. The van der Waals surface area contributed by atoms with Crippen molar-refractivity contribution in [3.63, 3.8) is 0 Å². The van der Waals surface area contributed by atoms with Gasteiger partial charge in [-0.25, -0.2) is 0 Å². The number of hydrogen-bond acceptors (Lipinski definition) is 4. The third kappa shape index (κ3) is 2.49. The summed E-state index contributed by atoms with van der Waals surface area (Å²) in [5, 5.41) is 8.68. The molecule has 0 aliphatic heterocycles. The summed E-state index contributed by atoms with van der Waals surface area (Å²) in [6, 6.07) is -0.280. The summed E-state index contributed by atoms with van der Waals surface area (Å²) in [6.45, 7) is 4.90. The van der Waals surface area contributed by atoms with Crippen molar-refractivity contribution in [2.24, 2.45) is 12.8 Å². The van der Waals surface area contributed by atoms with Crippen molar-refractivity contribution in [2.75, 3.05) is 7.11 Å². The molecule has 19 heavy (non-hydrogen) atoms. The number of hydrogen-bond donors (Lipinski definition) is 1. The molecule has 2 rings (SSSR count). The molecule has 1 unspecified atom stereocenters. The second-order valence-electron chi connectivity index (χ2n) is 4.64. The van der Waals surface area contributed by atoms with Gasteiger partial charge in [0.2, 0.25) is 0 Å².